The van der Waals surface area contributed by atoms with Gasteiger partial charge in [-0.3, -0.25) is 4.79 Å². The largest absolute Gasteiger partial charge is 0.496 e. The second-order valence-corrected chi connectivity index (χ2v) is 9.42. The maximum absolute atomic E-state index is 13.3. The van der Waals surface area contributed by atoms with Crippen LogP contribution in [0.15, 0.2) is 42.5 Å². The number of rotatable bonds is 9. The molecule has 30 heavy (non-hydrogen) atoms. The molecule has 8 heteroatoms. The van der Waals surface area contributed by atoms with Crippen molar-refractivity contribution in [2.45, 2.75) is 26.3 Å². The number of carbonyl (C=O) groups excluding carboxylic acids is 1. The fraction of sp³-hybridized carbons (Fsp3) is 0.318. The minimum Gasteiger partial charge on any atom is -0.496 e. The average molecular weight is 449 g/mol. The van der Waals surface area contributed by atoms with Crippen LogP contribution in [-0.4, -0.2) is 38.7 Å². The van der Waals surface area contributed by atoms with Crippen LogP contribution in [0.4, 0.5) is 0 Å². The van der Waals surface area contributed by atoms with Crippen LogP contribution in [0, 0.1) is 6.92 Å². The molecule has 6 nitrogen and oxygen atoms in total. The molecular formula is C22H25ClN2O4S. The van der Waals surface area contributed by atoms with Gasteiger partial charge in [-0.15, -0.1) is 0 Å². The average Bonchev–Trinajstić information content (AvgIpc) is 2.97. The van der Waals surface area contributed by atoms with E-state index >= 15 is 0 Å². The molecular weight excluding hydrogens is 424 g/mol. The molecule has 1 aromatic heterocycles. The number of Topliss-reactive ketones (excluding diaryl/α,β-unsaturated/α-hetero) is 1. The topological polar surface area (TPSA) is 77.4 Å². The number of methoxy groups -OCH3 is 1. The number of fused-ring (bicyclic) bond motifs is 1. The number of sulfonamides is 1. The predicted molar refractivity (Wildman–Crippen MR) is 120 cm³/mol. The van der Waals surface area contributed by atoms with Crippen LogP contribution in [0.25, 0.3) is 10.9 Å². The van der Waals surface area contributed by atoms with Crippen molar-refractivity contribution < 1.29 is 17.9 Å². The molecule has 0 saturated carbocycles. The van der Waals surface area contributed by atoms with Crippen molar-refractivity contribution in [3.8, 4) is 5.75 Å². The third kappa shape index (κ3) is 4.86. The maximum Gasteiger partial charge on any atom is 0.208 e. The number of ketones is 1. The van der Waals surface area contributed by atoms with E-state index in [-0.39, 0.29) is 12.2 Å². The minimum atomic E-state index is -3.24. The number of aromatic nitrogens is 1. The quantitative estimate of drug-likeness (QED) is 0.397. The van der Waals surface area contributed by atoms with E-state index in [1.807, 2.05) is 47.9 Å². The Kier molecular flexibility index (Phi) is 6.85. The maximum atomic E-state index is 13.3. The molecule has 0 aliphatic rings. The zero-order valence-corrected chi connectivity index (χ0v) is 18.8. The van der Waals surface area contributed by atoms with Gasteiger partial charge in [-0.1, -0.05) is 41.9 Å². The number of hydrogen-bond acceptors (Lipinski definition) is 4. The second kappa shape index (κ2) is 9.20. The lowest BCUT2D eigenvalue weighted by atomic mass is 10.00. The van der Waals surface area contributed by atoms with Crippen LogP contribution in [0.5, 0.6) is 5.75 Å². The van der Waals surface area contributed by atoms with Gasteiger partial charge in [0.25, 0.3) is 0 Å². The van der Waals surface area contributed by atoms with E-state index in [1.165, 1.54) is 0 Å². The Morgan fingerprint density at radius 2 is 1.90 bits per heavy atom. The van der Waals surface area contributed by atoms with Crippen LogP contribution in [0.3, 0.4) is 0 Å². The normalized spacial score (nSPS) is 11.7. The smallest absolute Gasteiger partial charge is 0.208 e. The van der Waals surface area contributed by atoms with Gasteiger partial charge in [-0.05, 0) is 25.5 Å². The molecule has 1 N–H and O–H groups in total. The predicted octanol–water partition coefficient (Wildman–Crippen LogP) is 3.98. The molecule has 2 aromatic carbocycles. The monoisotopic (exact) mass is 448 g/mol. The lowest BCUT2D eigenvalue weighted by Crippen LogP contribution is -2.24. The van der Waals surface area contributed by atoms with Gasteiger partial charge in [0.05, 0.1) is 23.9 Å². The molecule has 3 rings (SSSR count). The van der Waals surface area contributed by atoms with E-state index in [9.17, 15) is 13.2 Å². The van der Waals surface area contributed by atoms with Crippen molar-refractivity contribution in [3.63, 3.8) is 0 Å². The number of benzene rings is 2. The van der Waals surface area contributed by atoms with Crippen LogP contribution >= 0.6 is 11.6 Å². The SMILES string of the molecule is COc1ccccc1CC(=O)c1c(C)n(CCCNS(C)(=O)=O)c2c(Cl)cccc12. The third-order valence-electron chi connectivity index (χ3n) is 5.04. The molecule has 0 amide bonds. The molecule has 0 saturated heterocycles. The summed E-state index contributed by atoms with van der Waals surface area (Å²) in [5, 5.41) is 1.36. The summed E-state index contributed by atoms with van der Waals surface area (Å²) in [7, 11) is -1.65. The fourth-order valence-electron chi connectivity index (χ4n) is 3.73. The van der Waals surface area contributed by atoms with E-state index in [4.69, 9.17) is 16.3 Å². The first kappa shape index (κ1) is 22.3. The number of aryl methyl sites for hydroxylation is 1. The summed E-state index contributed by atoms with van der Waals surface area (Å²) in [4.78, 5) is 13.3. The fourth-order valence-corrected chi connectivity index (χ4v) is 4.52. The zero-order valence-electron chi connectivity index (χ0n) is 17.2. The van der Waals surface area contributed by atoms with E-state index in [2.05, 4.69) is 4.72 Å². The summed E-state index contributed by atoms with van der Waals surface area (Å²) in [5.74, 6) is 0.661. The lowest BCUT2D eigenvalue weighted by molar-refractivity contribution is 0.0993. The molecule has 0 unspecified atom stereocenters. The Hall–Kier alpha value is -2.35. The van der Waals surface area contributed by atoms with Gasteiger partial charge in [-0.2, -0.15) is 0 Å². The summed E-state index contributed by atoms with van der Waals surface area (Å²) < 4.78 is 32.5. The van der Waals surface area contributed by atoms with Gasteiger partial charge in [0, 0.05) is 41.7 Å². The van der Waals surface area contributed by atoms with Crippen LogP contribution < -0.4 is 9.46 Å². The number of carbonyl (C=O) groups is 1. The highest BCUT2D eigenvalue weighted by Gasteiger charge is 2.22. The number of nitrogens with one attached hydrogen (secondary N) is 1. The Bertz CT molecular complexity index is 1190. The Labute approximate surface area is 181 Å². The minimum absolute atomic E-state index is 0.0164. The summed E-state index contributed by atoms with van der Waals surface area (Å²) >= 11 is 6.48. The Morgan fingerprint density at radius 1 is 1.17 bits per heavy atom. The van der Waals surface area contributed by atoms with Crippen molar-refractivity contribution in [1.82, 2.24) is 9.29 Å². The number of nitrogens with zero attached hydrogens (tertiary/aromatic N) is 1. The van der Waals surface area contributed by atoms with Crippen molar-refractivity contribution in [2.24, 2.45) is 0 Å². The zero-order chi connectivity index (χ0) is 21.9. The molecule has 0 aliphatic carbocycles. The van der Waals surface area contributed by atoms with Crippen LogP contribution in [0.2, 0.25) is 5.02 Å². The van der Waals surface area contributed by atoms with Gasteiger partial charge in [-0.25, -0.2) is 13.1 Å². The third-order valence-corrected chi connectivity index (χ3v) is 6.07. The van der Waals surface area contributed by atoms with Crippen molar-refractivity contribution in [1.29, 1.82) is 0 Å². The molecule has 0 spiro atoms. The number of ether oxygens (including phenoxy) is 1. The molecule has 0 fully saturated rings. The molecule has 0 radical (unpaired) electrons. The Morgan fingerprint density at radius 3 is 2.60 bits per heavy atom. The van der Waals surface area contributed by atoms with Gasteiger partial charge < -0.3 is 9.30 Å². The standard InChI is InChI=1S/C22H25ClN2O4S/c1-15-21(19(26)14-16-8-4-5-11-20(16)29-2)17-9-6-10-18(23)22(17)25(15)13-7-12-24-30(3,27)28/h4-6,8-11,24H,7,12-14H2,1-3H3. The summed E-state index contributed by atoms with van der Waals surface area (Å²) in [6, 6.07) is 13.0. The van der Waals surface area contributed by atoms with Gasteiger partial charge in [0.1, 0.15) is 5.75 Å². The number of para-hydroxylation sites is 2. The first-order valence-corrected chi connectivity index (χ1v) is 11.9. The van der Waals surface area contributed by atoms with Gasteiger partial charge >= 0.3 is 0 Å². The summed E-state index contributed by atoms with van der Waals surface area (Å²) in [6.07, 6.45) is 1.92. The van der Waals surface area contributed by atoms with Crippen LogP contribution in [-0.2, 0) is 23.0 Å². The first-order chi connectivity index (χ1) is 14.2. The highest BCUT2D eigenvalue weighted by molar-refractivity contribution is 7.88. The summed E-state index contributed by atoms with van der Waals surface area (Å²) in [6.45, 7) is 2.75. The number of halogens is 1. The van der Waals surface area contributed by atoms with Gasteiger partial charge in [0.2, 0.25) is 10.0 Å². The van der Waals surface area contributed by atoms with E-state index in [1.54, 1.807) is 13.2 Å². The second-order valence-electron chi connectivity index (χ2n) is 7.18. The molecule has 160 valence electrons. The van der Waals surface area contributed by atoms with Crippen molar-refractivity contribution in [2.75, 3.05) is 19.9 Å². The molecule has 0 aliphatic heterocycles. The van der Waals surface area contributed by atoms with E-state index in [0.29, 0.717) is 35.8 Å². The van der Waals surface area contributed by atoms with Crippen molar-refractivity contribution >= 4 is 38.3 Å². The molecule has 0 atom stereocenters. The Balaban J connectivity index is 1.96. The molecule has 0 bridgehead atoms. The van der Waals surface area contributed by atoms with Crippen LogP contribution in [0.1, 0.15) is 28.0 Å². The van der Waals surface area contributed by atoms with E-state index in [0.717, 1.165) is 28.4 Å². The highest BCUT2D eigenvalue weighted by Crippen LogP contribution is 2.33. The van der Waals surface area contributed by atoms with E-state index < -0.39 is 10.0 Å². The number of hydrogen-bond donors (Lipinski definition) is 1. The molecule has 3 aromatic rings. The highest BCUT2D eigenvalue weighted by atomic mass is 35.5. The van der Waals surface area contributed by atoms with Gasteiger partial charge in [0.15, 0.2) is 5.78 Å². The first-order valence-electron chi connectivity index (χ1n) is 9.60. The summed E-state index contributed by atoms with van der Waals surface area (Å²) in [5.41, 5.74) is 3.07. The van der Waals surface area contributed by atoms with Crippen molar-refractivity contribution in [3.05, 3.63) is 64.3 Å². The lowest BCUT2D eigenvalue weighted by Gasteiger charge is -2.10. The molecule has 1 heterocycles.